The summed E-state index contributed by atoms with van der Waals surface area (Å²) in [7, 11) is 3.54. The molecule has 0 bridgehead atoms. The number of nitrogens with one attached hydrogen (secondary N) is 1. The molecule has 0 radical (unpaired) electrons. The lowest BCUT2D eigenvalue weighted by Crippen LogP contribution is -2.53. The van der Waals surface area contributed by atoms with Crippen LogP contribution in [0.4, 0.5) is 0 Å². The Balaban J connectivity index is 2.07. The lowest BCUT2D eigenvalue weighted by atomic mass is 9.87. The van der Waals surface area contributed by atoms with Crippen molar-refractivity contribution in [1.29, 1.82) is 0 Å². The predicted molar refractivity (Wildman–Crippen MR) is 104 cm³/mol. The summed E-state index contributed by atoms with van der Waals surface area (Å²) in [5.41, 5.74) is 1.07. The van der Waals surface area contributed by atoms with E-state index < -0.39 is 0 Å². The van der Waals surface area contributed by atoms with E-state index in [1.165, 1.54) is 32.1 Å². The standard InChI is InChI=1S/C18H32N4OS/c1-15(2)12-19-17(20-13-16(23)21(3)4)22-10-11-24-18(14-22)8-6-5-7-9-18/h1,5-14H2,2-4H3,(H,19,20). The lowest BCUT2D eigenvalue weighted by molar-refractivity contribution is -0.127. The number of likely N-dealkylation sites (N-methyl/N-ethyl adjacent to an activating group) is 1. The second-order valence-corrected chi connectivity index (χ2v) is 8.82. The molecule has 0 atom stereocenters. The molecule has 136 valence electrons. The summed E-state index contributed by atoms with van der Waals surface area (Å²) in [6.45, 7) is 8.89. The first kappa shape index (κ1) is 19.2. The zero-order valence-electron chi connectivity index (χ0n) is 15.4. The Bertz CT molecular complexity index is 478. The van der Waals surface area contributed by atoms with E-state index in [2.05, 4.69) is 33.5 Å². The highest BCUT2D eigenvalue weighted by atomic mass is 32.2. The van der Waals surface area contributed by atoms with Crippen LogP contribution in [0.15, 0.2) is 17.1 Å². The molecule has 6 heteroatoms. The van der Waals surface area contributed by atoms with Gasteiger partial charge in [-0.3, -0.25) is 4.79 Å². The summed E-state index contributed by atoms with van der Waals surface area (Å²) in [6.07, 6.45) is 6.66. The van der Waals surface area contributed by atoms with Gasteiger partial charge < -0.3 is 15.1 Å². The Morgan fingerprint density at radius 2 is 2.04 bits per heavy atom. The third-order valence-electron chi connectivity index (χ3n) is 4.72. The molecule has 2 fully saturated rings. The molecule has 1 spiro atoms. The highest BCUT2D eigenvalue weighted by Gasteiger charge is 2.38. The Labute approximate surface area is 150 Å². The maximum absolute atomic E-state index is 11.9. The first-order valence-corrected chi connectivity index (χ1v) is 9.92. The van der Waals surface area contributed by atoms with Gasteiger partial charge in [0.25, 0.3) is 0 Å². The molecule has 0 aromatic heterocycles. The van der Waals surface area contributed by atoms with Crippen molar-refractivity contribution >= 4 is 23.6 Å². The van der Waals surface area contributed by atoms with Gasteiger partial charge in [0.1, 0.15) is 6.54 Å². The van der Waals surface area contributed by atoms with Crippen molar-refractivity contribution in [2.75, 3.05) is 46.0 Å². The molecule has 1 saturated carbocycles. The van der Waals surface area contributed by atoms with Crippen LogP contribution in [-0.4, -0.2) is 72.4 Å². The molecule has 1 aliphatic carbocycles. The summed E-state index contributed by atoms with van der Waals surface area (Å²) in [5.74, 6) is 2.02. The van der Waals surface area contributed by atoms with Crippen molar-refractivity contribution in [3.8, 4) is 0 Å². The molecule has 24 heavy (non-hydrogen) atoms. The van der Waals surface area contributed by atoms with Gasteiger partial charge in [0.2, 0.25) is 5.91 Å². The molecule has 0 aromatic rings. The maximum Gasteiger partial charge on any atom is 0.243 e. The van der Waals surface area contributed by atoms with Crippen LogP contribution >= 0.6 is 11.8 Å². The quantitative estimate of drug-likeness (QED) is 0.479. The second-order valence-electron chi connectivity index (χ2n) is 7.25. The number of thioether (sulfide) groups is 1. The molecule has 1 amide bonds. The summed E-state index contributed by atoms with van der Waals surface area (Å²) in [6, 6.07) is 0. The van der Waals surface area contributed by atoms with Crippen LogP contribution in [-0.2, 0) is 4.79 Å². The molecule has 1 N–H and O–H groups in total. The van der Waals surface area contributed by atoms with Crippen molar-refractivity contribution in [3.05, 3.63) is 12.2 Å². The van der Waals surface area contributed by atoms with Crippen LogP contribution < -0.4 is 5.32 Å². The van der Waals surface area contributed by atoms with Crippen molar-refractivity contribution in [2.45, 2.75) is 43.8 Å². The largest absolute Gasteiger partial charge is 0.353 e. The van der Waals surface area contributed by atoms with E-state index in [0.29, 0.717) is 11.3 Å². The minimum atomic E-state index is 0.0309. The number of carbonyl (C=O) groups excluding carboxylic acids is 1. The molecule has 0 unspecified atom stereocenters. The van der Waals surface area contributed by atoms with Gasteiger partial charge in [0.05, 0.1) is 0 Å². The fraction of sp³-hybridized carbons (Fsp3) is 0.778. The Morgan fingerprint density at radius 1 is 1.33 bits per heavy atom. The maximum atomic E-state index is 11.9. The van der Waals surface area contributed by atoms with E-state index in [-0.39, 0.29) is 12.5 Å². The smallest absolute Gasteiger partial charge is 0.243 e. The second kappa shape index (κ2) is 8.79. The molecular formula is C18H32N4OS. The van der Waals surface area contributed by atoms with Gasteiger partial charge in [-0.1, -0.05) is 31.4 Å². The molecule has 0 aromatic carbocycles. The van der Waals surface area contributed by atoms with Crippen molar-refractivity contribution in [1.82, 2.24) is 15.1 Å². The molecule has 1 saturated heterocycles. The van der Waals surface area contributed by atoms with Crippen LogP contribution in [0.1, 0.15) is 39.0 Å². The normalized spacial score (nSPS) is 20.8. The SMILES string of the molecule is C=C(C)CNC(=NCC(=O)N(C)C)N1CCSC2(CCCCC2)C1. The third kappa shape index (κ3) is 5.43. The van der Waals surface area contributed by atoms with Crippen LogP contribution in [0.25, 0.3) is 0 Å². The molecule has 2 aliphatic rings. The van der Waals surface area contributed by atoms with Crippen LogP contribution in [0.5, 0.6) is 0 Å². The highest BCUT2D eigenvalue weighted by Crippen LogP contribution is 2.42. The monoisotopic (exact) mass is 352 g/mol. The average molecular weight is 353 g/mol. The zero-order valence-corrected chi connectivity index (χ0v) is 16.3. The lowest BCUT2D eigenvalue weighted by Gasteiger charge is -2.45. The number of rotatable bonds is 4. The van der Waals surface area contributed by atoms with Crippen molar-refractivity contribution < 1.29 is 4.79 Å². The van der Waals surface area contributed by atoms with Crippen molar-refractivity contribution in [2.24, 2.45) is 4.99 Å². The van der Waals surface area contributed by atoms with Gasteiger partial charge in [0.15, 0.2) is 5.96 Å². The van der Waals surface area contributed by atoms with Crippen LogP contribution in [0.2, 0.25) is 0 Å². The van der Waals surface area contributed by atoms with Crippen LogP contribution in [0, 0.1) is 0 Å². The summed E-state index contributed by atoms with van der Waals surface area (Å²) >= 11 is 2.14. The molecular weight excluding hydrogens is 320 g/mol. The first-order chi connectivity index (χ1) is 11.4. The fourth-order valence-corrected chi connectivity index (χ4v) is 4.87. The molecule has 1 aliphatic heterocycles. The number of guanidine groups is 1. The van der Waals surface area contributed by atoms with Gasteiger partial charge in [0, 0.05) is 44.2 Å². The number of hydrogen-bond donors (Lipinski definition) is 1. The fourth-order valence-electron chi connectivity index (χ4n) is 3.31. The average Bonchev–Trinajstić information content (AvgIpc) is 2.55. The van der Waals surface area contributed by atoms with E-state index in [4.69, 9.17) is 0 Å². The van der Waals surface area contributed by atoms with Crippen molar-refractivity contribution in [3.63, 3.8) is 0 Å². The predicted octanol–water partition coefficient (Wildman–Crippen LogP) is 2.35. The molecule has 2 rings (SSSR count). The van der Waals surface area contributed by atoms with Crippen LogP contribution in [0.3, 0.4) is 0 Å². The minimum absolute atomic E-state index is 0.0309. The summed E-state index contributed by atoms with van der Waals surface area (Å²) in [4.78, 5) is 20.5. The van der Waals surface area contributed by atoms with Gasteiger partial charge >= 0.3 is 0 Å². The van der Waals surface area contributed by atoms with E-state index in [9.17, 15) is 4.79 Å². The van der Waals surface area contributed by atoms with Gasteiger partial charge in [-0.2, -0.15) is 11.8 Å². The topological polar surface area (TPSA) is 47.9 Å². The van der Waals surface area contributed by atoms with Gasteiger partial charge in [-0.15, -0.1) is 0 Å². The van der Waals surface area contributed by atoms with E-state index >= 15 is 0 Å². The van der Waals surface area contributed by atoms with Gasteiger partial charge in [-0.05, 0) is 19.8 Å². The van der Waals surface area contributed by atoms with E-state index in [1.807, 2.05) is 6.92 Å². The third-order valence-corrected chi connectivity index (χ3v) is 6.26. The highest BCUT2D eigenvalue weighted by molar-refractivity contribution is 8.00. The number of aliphatic imine (C=N–C) groups is 1. The Morgan fingerprint density at radius 3 is 2.67 bits per heavy atom. The first-order valence-electron chi connectivity index (χ1n) is 8.94. The van der Waals surface area contributed by atoms with Gasteiger partial charge in [-0.25, -0.2) is 4.99 Å². The number of carbonyl (C=O) groups is 1. The number of nitrogens with zero attached hydrogens (tertiary/aromatic N) is 3. The Kier molecular flexibility index (Phi) is 7.02. The summed E-state index contributed by atoms with van der Waals surface area (Å²) in [5, 5.41) is 3.40. The minimum Gasteiger partial charge on any atom is -0.353 e. The number of amides is 1. The van der Waals surface area contributed by atoms with E-state index in [1.54, 1.807) is 19.0 Å². The molecule has 5 nitrogen and oxygen atoms in total. The number of hydrogen-bond acceptors (Lipinski definition) is 3. The zero-order chi connectivity index (χ0) is 17.6. The summed E-state index contributed by atoms with van der Waals surface area (Å²) < 4.78 is 0.383. The van der Waals surface area contributed by atoms with E-state index in [0.717, 1.165) is 30.4 Å². The Hall–Kier alpha value is -1.17. The molecule has 1 heterocycles.